The van der Waals surface area contributed by atoms with Crippen molar-refractivity contribution in [3.63, 3.8) is 0 Å². The Bertz CT molecular complexity index is 846. The van der Waals surface area contributed by atoms with Gasteiger partial charge in [0.05, 0.1) is 0 Å². The molecule has 1 saturated carbocycles. The van der Waals surface area contributed by atoms with Crippen LogP contribution in [0.1, 0.15) is 32.1 Å². The summed E-state index contributed by atoms with van der Waals surface area (Å²) in [7, 11) is -6.00. The van der Waals surface area contributed by atoms with Crippen LogP contribution in [0.15, 0.2) is 101 Å². The molecule has 6 heteroatoms. The van der Waals surface area contributed by atoms with Gasteiger partial charge in [0.15, 0.2) is 0 Å². The van der Waals surface area contributed by atoms with Crippen molar-refractivity contribution in [2.75, 3.05) is 0 Å². The van der Waals surface area contributed by atoms with Crippen molar-refractivity contribution in [3.8, 4) is 0 Å². The average Bonchev–Trinajstić information content (AvgIpc) is 2.79. The van der Waals surface area contributed by atoms with E-state index < -0.39 is 26.1 Å². The van der Waals surface area contributed by atoms with E-state index in [9.17, 15) is 17.3 Å². The second kappa shape index (κ2) is 11.0. The zero-order valence-electron chi connectivity index (χ0n) is 17.3. The number of hydrogen-bond donors (Lipinski definition) is 0. The number of allylic oxidation sites excluding steroid dienone is 1. The average molecular weight is 535 g/mol. The third kappa shape index (κ3) is 6.74. The molecule has 0 nitrogen and oxygen atoms in total. The minimum absolute atomic E-state index is 1.28. The Labute approximate surface area is 186 Å². The molecular weight excluding hydrogens is 509 g/mol. The molecule has 0 aliphatic heterocycles. The molecule has 0 unspecified atom stereocenters. The van der Waals surface area contributed by atoms with Crippen molar-refractivity contribution in [1.29, 1.82) is 0 Å². The SMILES string of the molecule is F[B-](F)(F)F.[CH](=C1CCCCC1)[Sb+]([c]1ccccc1)([c]1ccccc1)[c]1ccccc1. The Kier molecular flexibility index (Phi) is 8.43. The zero-order valence-corrected chi connectivity index (χ0v) is 19.9. The maximum absolute atomic E-state index is 9.75. The van der Waals surface area contributed by atoms with Crippen LogP contribution in [0.3, 0.4) is 0 Å². The second-order valence-electron chi connectivity index (χ2n) is 7.57. The van der Waals surface area contributed by atoms with Gasteiger partial charge in [0.25, 0.3) is 0 Å². The Morgan fingerprint density at radius 1 is 0.548 bits per heavy atom. The standard InChI is InChI=1S/C7H11.3C6H5.BF4.Sb/c1-7-5-3-2-4-6-7;3*1-2-4-6-5-3-1;2-1(3,4)5;/h1H,2-6H2;3*1-5H;;/q;;;;-1;+1. The van der Waals surface area contributed by atoms with Crippen molar-refractivity contribution < 1.29 is 17.3 Å². The Hall–Kier alpha value is -2.00. The van der Waals surface area contributed by atoms with Crippen molar-refractivity contribution in [2.24, 2.45) is 0 Å². The second-order valence-corrected chi connectivity index (χ2v) is 16.9. The Balaban J connectivity index is 0.000000491. The van der Waals surface area contributed by atoms with E-state index in [-0.39, 0.29) is 0 Å². The first kappa shape index (κ1) is 23.7. The van der Waals surface area contributed by atoms with Crippen LogP contribution in [0.4, 0.5) is 17.3 Å². The summed E-state index contributed by atoms with van der Waals surface area (Å²) >= 11 is -3.03. The number of hydrogen-bond acceptors (Lipinski definition) is 0. The molecule has 0 radical (unpaired) electrons. The number of halogens is 4. The molecule has 0 amide bonds. The van der Waals surface area contributed by atoms with Crippen LogP contribution in [-0.4, -0.2) is 26.1 Å². The molecule has 0 N–H and O–H groups in total. The molecule has 4 rings (SSSR count). The topological polar surface area (TPSA) is 0 Å². The summed E-state index contributed by atoms with van der Waals surface area (Å²) < 4.78 is 46.4. The van der Waals surface area contributed by atoms with Crippen LogP contribution in [-0.2, 0) is 0 Å². The molecule has 3 aromatic carbocycles. The molecule has 1 fully saturated rings. The van der Waals surface area contributed by atoms with Crippen molar-refractivity contribution in [1.82, 2.24) is 0 Å². The molecule has 0 heterocycles. The molecule has 1 aliphatic carbocycles. The third-order valence-corrected chi connectivity index (χ3v) is 17.0. The Morgan fingerprint density at radius 2 is 0.871 bits per heavy atom. The van der Waals surface area contributed by atoms with E-state index in [1.165, 1.54) is 32.1 Å². The van der Waals surface area contributed by atoms with E-state index in [4.69, 9.17) is 0 Å². The van der Waals surface area contributed by atoms with Crippen molar-refractivity contribution in [3.05, 3.63) is 101 Å². The van der Waals surface area contributed by atoms with E-state index in [0.29, 0.717) is 0 Å². The summed E-state index contributed by atoms with van der Waals surface area (Å²) in [6, 6.07) is 33.9. The van der Waals surface area contributed by atoms with Crippen LogP contribution in [0.5, 0.6) is 0 Å². The fourth-order valence-electron chi connectivity index (χ4n) is 4.07. The number of rotatable bonds is 4. The van der Waals surface area contributed by atoms with Crippen LogP contribution in [0.25, 0.3) is 0 Å². The van der Waals surface area contributed by atoms with Gasteiger partial charge in [-0.3, -0.25) is 0 Å². The van der Waals surface area contributed by atoms with Crippen molar-refractivity contribution >= 4 is 36.6 Å². The normalized spacial score (nSPS) is 14.4. The fourth-order valence-corrected chi connectivity index (χ4v) is 15.7. The van der Waals surface area contributed by atoms with E-state index in [1.54, 1.807) is 16.1 Å². The van der Waals surface area contributed by atoms with E-state index in [0.717, 1.165) is 0 Å². The Morgan fingerprint density at radius 3 is 1.19 bits per heavy atom. The fraction of sp³-hybridized carbons (Fsp3) is 0.200. The molecule has 0 saturated heterocycles. The summed E-state index contributed by atoms with van der Waals surface area (Å²) in [5.74, 6) is 0. The van der Waals surface area contributed by atoms with Crippen LogP contribution in [0, 0.1) is 0 Å². The van der Waals surface area contributed by atoms with Gasteiger partial charge in [0.2, 0.25) is 0 Å². The zero-order chi connectivity index (χ0) is 22.2. The summed E-state index contributed by atoms with van der Waals surface area (Å²) in [5, 5.41) is 0. The van der Waals surface area contributed by atoms with E-state index in [2.05, 4.69) is 95.0 Å². The minimum atomic E-state index is -6.00. The molecule has 0 atom stereocenters. The molecule has 0 aromatic heterocycles. The molecule has 3 aromatic rings. The summed E-state index contributed by atoms with van der Waals surface area (Å²) in [6.45, 7) is 0. The first-order valence-corrected chi connectivity index (χ1v) is 15.8. The van der Waals surface area contributed by atoms with Gasteiger partial charge < -0.3 is 17.3 Å². The summed E-state index contributed by atoms with van der Waals surface area (Å²) in [4.78, 5) is 0. The van der Waals surface area contributed by atoms with Gasteiger partial charge in [-0.05, 0) is 0 Å². The molecule has 0 spiro atoms. The van der Waals surface area contributed by atoms with Gasteiger partial charge in [-0.15, -0.1) is 0 Å². The molecule has 162 valence electrons. The van der Waals surface area contributed by atoms with Gasteiger partial charge >= 0.3 is 169 Å². The maximum atomic E-state index is 9.75. The van der Waals surface area contributed by atoms with Crippen molar-refractivity contribution in [2.45, 2.75) is 32.1 Å². The third-order valence-electron chi connectivity index (χ3n) is 5.36. The molecule has 1 aliphatic rings. The molecular formula is C25H26BF4Sb. The van der Waals surface area contributed by atoms with Crippen LogP contribution >= 0.6 is 0 Å². The van der Waals surface area contributed by atoms with Gasteiger partial charge in [0.1, 0.15) is 0 Å². The van der Waals surface area contributed by atoms with Gasteiger partial charge in [-0.2, -0.15) is 0 Å². The monoisotopic (exact) mass is 534 g/mol. The first-order chi connectivity index (χ1) is 14.9. The summed E-state index contributed by atoms with van der Waals surface area (Å²) in [5.41, 5.74) is 1.69. The summed E-state index contributed by atoms with van der Waals surface area (Å²) in [6.07, 6.45) is 6.65. The predicted octanol–water partition coefficient (Wildman–Crippen LogP) is 5.89. The van der Waals surface area contributed by atoms with Gasteiger partial charge in [-0.25, -0.2) is 0 Å². The van der Waals surface area contributed by atoms with Gasteiger partial charge in [0, 0.05) is 0 Å². The van der Waals surface area contributed by atoms with Crippen LogP contribution < -0.4 is 10.5 Å². The predicted molar refractivity (Wildman–Crippen MR) is 125 cm³/mol. The molecule has 31 heavy (non-hydrogen) atoms. The molecule has 0 bridgehead atoms. The first-order valence-electron chi connectivity index (χ1n) is 10.5. The van der Waals surface area contributed by atoms with Gasteiger partial charge in [-0.1, -0.05) is 0 Å². The quantitative estimate of drug-likeness (QED) is 0.289. The number of benzene rings is 3. The van der Waals surface area contributed by atoms with E-state index >= 15 is 0 Å². The van der Waals surface area contributed by atoms with Crippen LogP contribution in [0.2, 0.25) is 0 Å². The van der Waals surface area contributed by atoms with E-state index in [1.807, 2.05) is 0 Å².